The van der Waals surface area contributed by atoms with Crippen molar-refractivity contribution in [3.63, 3.8) is 0 Å². The number of fused-ring (bicyclic) bond motifs is 2. The summed E-state index contributed by atoms with van der Waals surface area (Å²) < 4.78 is 0. The number of anilines is 2. The Kier molecular flexibility index (Phi) is 6.67. The summed E-state index contributed by atoms with van der Waals surface area (Å²) >= 11 is 0. The number of ketones is 1. The van der Waals surface area contributed by atoms with Gasteiger partial charge in [0.2, 0.25) is 0 Å². The number of carbonyl (C=O) groups is 1. The molecule has 43 heavy (non-hydrogen) atoms. The average Bonchev–Trinajstić information content (AvgIpc) is 2.96. The van der Waals surface area contributed by atoms with Crippen LogP contribution >= 0.6 is 0 Å². The number of nitrogens with zero attached hydrogens (tertiary/aromatic N) is 6. The van der Waals surface area contributed by atoms with Gasteiger partial charge in [-0.1, -0.05) is 0 Å². The molecular weight excluding hydrogens is 572 g/mol. The van der Waals surface area contributed by atoms with Gasteiger partial charge in [-0.2, -0.15) is 5.10 Å². The van der Waals surface area contributed by atoms with Crippen molar-refractivity contribution in [3.05, 3.63) is 136 Å². The Morgan fingerprint density at radius 2 is 1.02 bits per heavy atom. The van der Waals surface area contributed by atoms with Crippen molar-refractivity contribution in [2.24, 2.45) is 5.10 Å². The second-order valence-corrected chi connectivity index (χ2v) is 8.92. The van der Waals surface area contributed by atoms with Crippen LogP contribution in [0, 0.1) is 40.5 Å². The van der Waals surface area contributed by atoms with E-state index in [1.807, 2.05) is 0 Å². The monoisotopic (exact) mass is 586 g/mol. The number of nitro groups is 4. The summed E-state index contributed by atoms with van der Waals surface area (Å²) in [7, 11) is 0. The lowest BCUT2D eigenvalue weighted by Gasteiger charge is -2.25. The Balaban J connectivity index is 1.91. The number of hydrogen-bond acceptors (Lipinski definition) is 13. The van der Waals surface area contributed by atoms with E-state index in [4.69, 9.17) is 0 Å². The molecule has 0 heterocycles. The van der Waals surface area contributed by atoms with Crippen LogP contribution in [0.25, 0.3) is 0 Å². The Labute approximate surface area is 237 Å². The van der Waals surface area contributed by atoms with Crippen LogP contribution in [-0.4, -0.2) is 41.4 Å². The fourth-order valence-electron chi connectivity index (χ4n) is 4.49. The molecule has 17 heteroatoms. The molecule has 0 spiro atoms. The predicted molar refractivity (Wildman–Crippen MR) is 147 cm³/mol. The fraction of sp³-hybridized carbons (Fsp3) is 0. The maximum absolute atomic E-state index is 13.3. The third-order valence-electron chi connectivity index (χ3n) is 6.40. The van der Waals surface area contributed by atoms with Gasteiger partial charge in [-0.3, -0.25) is 45.3 Å². The molecule has 0 aliphatic heterocycles. The van der Waals surface area contributed by atoms with Crippen LogP contribution in [0.4, 0.5) is 34.1 Å². The second-order valence-electron chi connectivity index (χ2n) is 8.92. The van der Waals surface area contributed by atoms with Gasteiger partial charge in [0.05, 0.1) is 31.8 Å². The molecule has 2 N–H and O–H groups in total. The van der Waals surface area contributed by atoms with Crippen LogP contribution in [0.3, 0.4) is 0 Å². The first kappa shape index (κ1) is 27.8. The normalized spacial score (nSPS) is 12.7. The van der Waals surface area contributed by atoms with E-state index in [0.29, 0.717) is 17.1 Å². The first-order chi connectivity index (χ1) is 20.4. The van der Waals surface area contributed by atoms with Crippen molar-refractivity contribution in [3.8, 4) is 11.5 Å². The molecular formula is C26H14N6O11. The van der Waals surface area contributed by atoms with Crippen molar-refractivity contribution in [1.29, 1.82) is 0 Å². The van der Waals surface area contributed by atoms with E-state index in [-0.39, 0.29) is 39.5 Å². The number of non-ortho nitro benzene ring substituents is 2. The highest BCUT2D eigenvalue weighted by atomic mass is 16.6. The third kappa shape index (κ3) is 4.88. The first-order valence-corrected chi connectivity index (χ1v) is 11.8. The zero-order chi connectivity index (χ0) is 31.2. The summed E-state index contributed by atoms with van der Waals surface area (Å²) in [6.07, 6.45) is 0. The summed E-state index contributed by atoms with van der Waals surface area (Å²) in [4.78, 5) is 56.4. The Hall–Kier alpha value is -6.78. The maximum atomic E-state index is 13.3. The Morgan fingerprint density at radius 3 is 1.49 bits per heavy atom. The summed E-state index contributed by atoms with van der Waals surface area (Å²) in [5.41, 5.74) is -4.36. The van der Waals surface area contributed by atoms with E-state index in [9.17, 15) is 55.5 Å². The standard InChI is InChI=1S/C26H14N6O11/c33-15-4-6-18-19(11-15)25(17-5-3-16(34)12-20(17)26(18)35)27-28(21-7-1-13(29(36)37)9-23(21)31(40)41)22-8-2-14(30(38)39)10-24(22)32(42)43/h1-12,33-34H. The molecule has 1 aliphatic carbocycles. The van der Waals surface area contributed by atoms with E-state index in [2.05, 4.69) is 5.10 Å². The topological polar surface area (TPSA) is 246 Å². The number of carbonyl (C=O) groups excluding carboxylic acids is 1. The van der Waals surface area contributed by atoms with Gasteiger partial charge in [0.15, 0.2) is 5.78 Å². The van der Waals surface area contributed by atoms with Crippen LogP contribution in [0.15, 0.2) is 77.9 Å². The summed E-state index contributed by atoms with van der Waals surface area (Å²) in [6.45, 7) is 0. The van der Waals surface area contributed by atoms with Crippen LogP contribution in [0.5, 0.6) is 11.5 Å². The molecule has 0 fully saturated rings. The first-order valence-electron chi connectivity index (χ1n) is 11.8. The van der Waals surface area contributed by atoms with E-state index in [1.165, 1.54) is 24.3 Å². The zero-order valence-electron chi connectivity index (χ0n) is 21.2. The van der Waals surface area contributed by atoms with E-state index in [0.717, 1.165) is 36.4 Å². The quantitative estimate of drug-likeness (QED) is 0.192. The van der Waals surface area contributed by atoms with Gasteiger partial charge >= 0.3 is 11.4 Å². The van der Waals surface area contributed by atoms with Crippen molar-refractivity contribution >= 4 is 45.6 Å². The smallest absolute Gasteiger partial charge is 0.301 e. The fourth-order valence-corrected chi connectivity index (χ4v) is 4.49. The molecule has 0 amide bonds. The number of aromatic hydroxyl groups is 2. The molecule has 5 rings (SSSR count). The minimum absolute atomic E-state index is 0.00215. The molecule has 0 saturated heterocycles. The summed E-state index contributed by atoms with van der Waals surface area (Å²) in [5.74, 6) is -1.17. The summed E-state index contributed by atoms with van der Waals surface area (Å²) in [6, 6.07) is 12.1. The largest absolute Gasteiger partial charge is 0.508 e. The molecule has 0 saturated carbocycles. The van der Waals surface area contributed by atoms with E-state index >= 15 is 0 Å². The summed E-state index contributed by atoms with van der Waals surface area (Å²) in [5, 5.41) is 72.3. The average molecular weight is 586 g/mol. The number of hydrazone groups is 1. The number of rotatable bonds is 7. The number of benzene rings is 4. The highest BCUT2D eigenvalue weighted by Crippen LogP contribution is 2.43. The molecule has 0 aromatic heterocycles. The minimum atomic E-state index is -0.983. The van der Waals surface area contributed by atoms with E-state index in [1.54, 1.807) is 0 Å². The number of nitro benzene ring substituents is 4. The van der Waals surface area contributed by atoms with E-state index < -0.39 is 59.6 Å². The highest BCUT2D eigenvalue weighted by molar-refractivity contribution is 6.30. The maximum Gasteiger partial charge on any atom is 0.301 e. The van der Waals surface area contributed by atoms with Gasteiger partial charge < -0.3 is 10.2 Å². The molecule has 4 aromatic rings. The van der Waals surface area contributed by atoms with Gasteiger partial charge in [-0.25, -0.2) is 5.01 Å². The number of phenols is 2. The number of phenolic OH excluding ortho intramolecular Hbond substituents is 2. The second kappa shape index (κ2) is 10.3. The van der Waals surface area contributed by atoms with Crippen molar-refractivity contribution in [2.75, 3.05) is 5.01 Å². The van der Waals surface area contributed by atoms with Crippen LogP contribution in [0.2, 0.25) is 0 Å². The van der Waals surface area contributed by atoms with Crippen LogP contribution in [-0.2, 0) is 0 Å². The third-order valence-corrected chi connectivity index (χ3v) is 6.40. The number of hydrogen-bond donors (Lipinski definition) is 2. The van der Waals surface area contributed by atoms with Crippen LogP contribution < -0.4 is 5.01 Å². The van der Waals surface area contributed by atoms with Crippen LogP contribution in [0.1, 0.15) is 27.0 Å². The molecule has 1 aliphatic rings. The lowest BCUT2D eigenvalue weighted by atomic mass is 9.83. The Morgan fingerprint density at radius 1 is 0.558 bits per heavy atom. The Bertz CT molecular complexity index is 1880. The van der Waals surface area contributed by atoms with Gasteiger partial charge in [-0.15, -0.1) is 0 Å². The molecule has 214 valence electrons. The highest BCUT2D eigenvalue weighted by Gasteiger charge is 2.34. The molecule has 4 aromatic carbocycles. The van der Waals surface area contributed by atoms with Gasteiger partial charge in [0.25, 0.3) is 11.4 Å². The molecule has 0 bridgehead atoms. The minimum Gasteiger partial charge on any atom is -0.508 e. The van der Waals surface area contributed by atoms with Gasteiger partial charge in [0, 0.05) is 34.4 Å². The molecule has 0 unspecified atom stereocenters. The lowest BCUT2D eigenvalue weighted by molar-refractivity contribution is -0.393. The van der Waals surface area contributed by atoms with Gasteiger partial charge in [0.1, 0.15) is 28.6 Å². The SMILES string of the molecule is O=C1c2cc(O)ccc2C(=NN(c2ccc([N+](=O)[O-])cc2[N+](=O)[O-])c2ccc([N+](=O)[O-])cc2[N+](=O)[O-])c2cc(O)ccc21. The van der Waals surface area contributed by atoms with Gasteiger partial charge in [-0.05, 0) is 48.5 Å². The predicted octanol–water partition coefficient (Wildman–Crippen LogP) is 4.87. The molecule has 17 nitrogen and oxygen atoms in total. The van der Waals surface area contributed by atoms with Crippen molar-refractivity contribution in [2.45, 2.75) is 0 Å². The lowest BCUT2D eigenvalue weighted by Crippen LogP contribution is -2.25. The van der Waals surface area contributed by atoms with Crippen molar-refractivity contribution in [1.82, 2.24) is 0 Å². The van der Waals surface area contributed by atoms with Crippen molar-refractivity contribution < 1.29 is 34.7 Å². The molecule has 0 atom stereocenters. The zero-order valence-corrected chi connectivity index (χ0v) is 21.2. The molecule has 0 radical (unpaired) electrons.